The van der Waals surface area contributed by atoms with Crippen LogP contribution in [0, 0.1) is 13.8 Å². The van der Waals surface area contributed by atoms with E-state index in [0.717, 1.165) is 24.0 Å². The number of ether oxygens (including phenoxy) is 1. The third-order valence-corrected chi connectivity index (χ3v) is 4.19. The third-order valence-electron chi connectivity index (χ3n) is 4.19. The van der Waals surface area contributed by atoms with Crippen molar-refractivity contribution >= 4 is 5.97 Å². The molecule has 0 saturated heterocycles. The summed E-state index contributed by atoms with van der Waals surface area (Å²) in [4.78, 5) is 11.8. The topological polar surface area (TPSA) is 66.8 Å². The average molecular weight is 264 g/mol. The summed E-state index contributed by atoms with van der Waals surface area (Å²) in [6, 6.07) is 1.89. The Labute approximate surface area is 113 Å². The maximum atomic E-state index is 11.8. The molecule has 1 fully saturated rings. The predicted molar refractivity (Wildman–Crippen MR) is 71.9 cm³/mol. The van der Waals surface area contributed by atoms with Gasteiger partial charge >= 0.3 is 5.97 Å². The first-order chi connectivity index (χ1) is 8.94. The van der Waals surface area contributed by atoms with Crippen molar-refractivity contribution in [2.75, 3.05) is 7.11 Å². The van der Waals surface area contributed by atoms with Gasteiger partial charge in [0.2, 0.25) is 0 Å². The molecule has 0 atom stereocenters. The van der Waals surface area contributed by atoms with Crippen LogP contribution in [-0.2, 0) is 10.2 Å². The number of carboxylic acids is 1. The van der Waals surface area contributed by atoms with E-state index < -0.39 is 11.4 Å². The molecule has 1 aromatic carbocycles. The summed E-state index contributed by atoms with van der Waals surface area (Å²) >= 11 is 0. The highest BCUT2D eigenvalue weighted by Crippen LogP contribution is 2.49. The molecule has 0 aromatic heterocycles. The summed E-state index contributed by atoms with van der Waals surface area (Å²) < 4.78 is 5.21. The Morgan fingerprint density at radius 1 is 1.26 bits per heavy atom. The Hall–Kier alpha value is -1.71. The molecule has 19 heavy (non-hydrogen) atoms. The first-order valence-electron chi connectivity index (χ1n) is 6.55. The quantitative estimate of drug-likeness (QED) is 0.881. The highest BCUT2D eigenvalue weighted by Gasteiger charge is 2.46. The first kappa shape index (κ1) is 13.7. The number of aryl methyl sites for hydroxylation is 2. The largest absolute Gasteiger partial charge is 0.504 e. The number of rotatable bonds is 3. The fraction of sp³-hybridized carbons (Fsp3) is 0.533. The molecule has 0 unspecified atom stereocenters. The molecule has 0 bridgehead atoms. The fourth-order valence-electron chi connectivity index (χ4n) is 3.36. The van der Waals surface area contributed by atoms with E-state index in [0.29, 0.717) is 24.2 Å². The Balaban J connectivity index is 2.70. The number of aromatic hydroxyl groups is 1. The number of hydrogen-bond donors (Lipinski definition) is 2. The van der Waals surface area contributed by atoms with Gasteiger partial charge < -0.3 is 14.9 Å². The van der Waals surface area contributed by atoms with Gasteiger partial charge in [0, 0.05) is 5.56 Å². The van der Waals surface area contributed by atoms with Gasteiger partial charge in [-0.1, -0.05) is 18.9 Å². The van der Waals surface area contributed by atoms with E-state index in [-0.39, 0.29) is 5.75 Å². The summed E-state index contributed by atoms with van der Waals surface area (Å²) in [5, 5.41) is 20.1. The predicted octanol–water partition coefficient (Wildman–Crippen LogP) is 2.91. The van der Waals surface area contributed by atoms with Gasteiger partial charge in [-0.2, -0.15) is 0 Å². The molecule has 4 heteroatoms. The zero-order valence-corrected chi connectivity index (χ0v) is 11.6. The van der Waals surface area contributed by atoms with Crippen molar-refractivity contribution in [1.29, 1.82) is 0 Å². The Morgan fingerprint density at radius 2 is 1.84 bits per heavy atom. The van der Waals surface area contributed by atoms with Gasteiger partial charge in [-0.25, -0.2) is 0 Å². The third kappa shape index (κ3) is 1.95. The van der Waals surface area contributed by atoms with Crippen molar-refractivity contribution in [1.82, 2.24) is 0 Å². The van der Waals surface area contributed by atoms with E-state index in [1.54, 1.807) is 0 Å². The molecule has 2 rings (SSSR count). The van der Waals surface area contributed by atoms with Gasteiger partial charge in [0.15, 0.2) is 11.5 Å². The van der Waals surface area contributed by atoms with E-state index in [9.17, 15) is 15.0 Å². The molecule has 0 spiro atoms. The lowest BCUT2D eigenvalue weighted by atomic mass is 9.75. The second kappa shape index (κ2) is 4.76. The van der Waals surface area contributed by atoms with Crippen molar-refractivity contribution in [2.45, 2.75) is 44.9 Å². The summed E-state index contributed by atoms with van der Waals surface area (Å²) in [5.41, 5.74) is 1.20. The van der Waals surface area contributed by atoms with Crippen molar-refractivity contribution < 1.29 is 19.7 Å². The highest BCUT2D eigenvalue weighted by molar-refractivity contribution is 5.84. The van der Waals surface area contributed by atoms with Gasteiger partial charge in [-0.05, 0) is 37.8 Å². The first-order valence-corrected chi connectivity index (χ1v) is 6.55. The normalized spacial score (nSPS) is 17.4. The minimum absolute atomic E-state index is 0.00991. The lowest BCUT2D eigenvalue weighted by Gasteiger charge is -2.28. The van der Waals surface area contributed by atoms with Gasteiger partial charge in [-0.3, -0.25) is 4.79 Å². The molecule has 1 aliphatic rings. The van der Waals surface area contributed by atoms with Crippen LogP contribution in [0.2, 0.25) is 0 Å². The minimum atomic E-state index is -0.963. The molecule has 2 N–H and O–H groups in total. The number of carbonyl (C=O) groups is 1. The van der Waals surface area contributed by atoms with Gasteiger partial charge in [0.05, 0.1) is 12.5 Å². The number of phenolic OH excluding ortho intramolecular Hbond substituents is 1. The molecule has 0 radical (unpaired) electrons. The minimum Gasteiger partial charge on any atom is -0.504 e. The summed E-state index contributed by atoms with van der Waals surface area (Å²) in [6.07, 6.45) is 2.90. The molecule has 1 aromatic rings. The molecular formula is C15H20O4. The average Bonchev–Trinajstić information content (AvgIpc) is 2.79. The van der Waals surface area contributed by atoms with Crippen molar-refractivity contribution in [3.05, 3.63) is 22.8 Å². The molecular weight excluding hydrogens is 244 g/mol. The lowest BCUT2D eigenvalue weighted by molar-refractivity contribution is -0.143. The molecule has 0 amide bonds. The van der Waals surface area contributed by atoms with E-state index in [4.69, 9.17) is 4.74 Å². The van der Waals surface area contributed by atoms with Crippen LogP contribution in [0.5, 0.6) is 11.5 Å². The van der Waals surface area contributed by atoms with Crippen LogP contribution in [0.15, 0.2) is 6.07 Å². The van der Waals surface area contributed by atoms with Gasteiger partial charge in [0.25, 0.3) is 0 Å². The summed E-state index contributed by atoms with van der Waals surface area (Å²) in [5.74, 6) is -0.480. The molecule has 0 heterocycles. The second-order valence-electron chi connectivity index (χ2n) is 5.36. The van der Waals surface area contributed by atoms with Crippen LogP contribution in [0.3, 0.4) is 0 Å². The maximum Gasteiger partial charge on any atom is 0.314 e. The number of methoxy groups -OCH3 is 1. The lowest BCUT2D eigenvalue weighted by Crippen LogP contribution is -2.33. The molecule has 0 aliphatic heterocycles. The Bertz CT molecular complexity index is 513. The Kier molecular flexibility index (Phi) is 3.43. The van der Waals surface area contributed by atoms with Gasteiger partial charge in [0.1, 0.15) is 0 Å². The van der Waals surface area contributed by atoms with Gasteiger partial charge in [-0.15, -0.1) is 0 Å². The highest BCUT2D eigenvalue weighted by atomic mass is 16.5. The van der Waals surface area contributed by atoms with Crippen LogP contribution in [0.4, 0.5) is 0 Å². The van der Waals surface area contributed by atoms with Crippen molar-refractivity contribution in [3.63, 3.8) is 0 Å². The molecule has 4 nitrogen and oxygen atoms in total. The number of aliphatic carboxylic acids is 1. The van der Waals surface area contributed by atoms with Crippen LogP contribution in [0.25, 0.3) is 0 Å². The monoisotopic (exact) mass is 264 g/mol. The zero-order chi connectivity index (χ0) is 14.2. The second-order valence-corrected chi connectivity index (χ2v) is 5.36. The van der Waals surface area contributed by atoms with E-state index >= 15 is 0 Å². The molecule has 104 valence electrons. The zero-order valence-electron chi connectivity index (χ0n) is 11.6. The SMILES string of the molecule is COc1c(C)cc(C)c(C2(C(=O)O)CCCC2)c1O. The number of carboxylic acid groups (broad SMARTS) is 1. The van der Waals surface area contributed by atoms with Crippen molar-refractivity contribution in [2.24, 2.45) is 0 Å². The Morgan fingerprint density at radius 3 is 2.32 bits per heavy atom. The molecule has 1 saturated carbocycles. The van der Waals surface area contributed by atoms with Crippen LogP contribution < -0.4 is 4.74 Å². The van der Waals surface area contributed by atoms with E-state index in [1.165, 1.54) is 7.11 Å². The summed E-state index contributed by atoms with van der Waals surface area (Å²) in [7, 11) is 1.49. The maximum absolute atomic E-state index is 11.8. The number of benzene rings is 1. The molecule has 1 aliphatic carbocycles. The van der Waals surface area contributed by atoms with E-state index in [2.05, 4.69) is 0 Å². The number of hydrogen-bond acceptors (Lipinski definition) is 3. The van der Waals surface area contributed by atoms with E-state index in [1.807, 2.05) is 19.9 Å². The van der Waals surface area contributed by atoms with Crippen molar-refractivity contribution in [3.8, 4) is 11.5 Å². The fourth-order valence-corrected chi connectivity index (χ4v) is 3.36. The van der Waals surface area contributed by atoms with Crippen LogP contribution >= 0.6 is 0 Å². The van der Waals surface area contributed by atoms with Crippen LogP contribution in [-0.4, -0.2) is 23.3 Å². The van der Waals surface area contributed by atoms with Crippen LogP contribution in [0.1, 0.15) is 42.4 Å². The standard InChI is InChI=1S/C15H20O4/c1-9-8-10(2)13(19-3)12(16)11(9)15(14(17)18)6-4-5-7-15/h8,16H,4-7H2,1-3H3,(H,17,18). The smallest absolute Gasteiger partial charge is 0.314 e. The summed E-state index contributed by atoms with van der Waals surface area (Å²) in [6.45, 7) is 3.70. The number of phenols is 1.